The third-order valence-electron chi connectivity index (χ3n) is 5.17. The summed E-state index contributed by atoms with van der Waals surface area (Å²) in [5.74, 6) is -1.72. The molecule has 1 N–H and O–H groups in total. The van der Waals surface area contributed by atoms with Gasteiger partial charge in [0.1, 0.15) is 17.3 Å². The van der Waals surface area contributed by atoms with Crippen LogP contribution in [0.25, 0.3) is 11.1 Å². The quantitative estimate of drug-likeness (QED) is 0.229. The molecule has 0 aliphatic heterocycles. The predicted octanol–water partition coefficient (Wildman–Crippen LogP) is 6.67. The van der Waals surface area contributed by atoms with Crippen LogP contribution in [-0.4, -0.2) is 27.2 Å². The van der Waals surface area contributed by atoms with E-state index in [9.17, 15) is 18.4 Å². The Kier molecular flexibility index (Phi) is 8.96. The second kappa shape index (κ2) is 11.4. The smallest absolute Gasteiger partial charge is 0.245 e. The van der Waals surface area contributed by atoms with Crippen LogP contribution in [0.15, 0.2) is 38.0 Å². The van der Waals surface area contributed by atoms with Crippen LogP contribution in [0.3, 0.4) is 0 Å². The minimum atomic E-state index is -0.690. The Morgan fingerprint density at radius 1 is 1.09 bits per heavy atom. The lowest BCUT2D eigenvalue weighted by Gasteiger charge is -2.27. The SMILES string of the molecule is CCCN(Nc1c(-c2c(F)ccc(Cl)c2Br)c(=O)c(C)nn1C)C(=O)Cc1c(F)ccc(Cl)c1Br. The Hall–Kier alpha value is -2.01. The molecule has 0 saturated carbocycles. The van der Waals surface area contributed by atoms with E-state index < -0.39 is 23.0 Å². The largest absolute Gasteiger partial charge is 0.287 e. The molecule has 0 atom stereocenters. The van der Waals surface area contributed by atoms with Gasteiger partial charge in [0.25, 0.3) is 0 Å². The van der Waals surface area contributed by atoms with Gasteiger partial charge in [-0.1, -0.05) is 30.1 Å². The number of amides is 1. The van der Waals surface area contributed by atoms with Crippen molar-refractivity contribution in [2.45, 2.75) is 26.7 Å². The van der Waals surface area contributed by atoms with Crippen LogP contribution in [0.4, 0.5) is 14.6 Å². The van der Waals surface area contributed by atoms with Gasteiger partial charge in [-0.3, -0.25) is 24.7 Å². The molecule has 0 bridgehead atoms. The van der Waals surface area contributed by atoms with E-state index in [4.69, 9.17) is 23.2 Å². The van der Waals surface area contributed by atoms with Gasteiger partial charge in [0.2, 0.25) is 11.3 Å². The number of nitrogens with one attached hydrogen (secondary N) is 1. The normalized spacial score (nSPS) is 11.0. The minimum absolute atomic E-state index is 0.0594. The first-order chi connectivity index (χ1) is 16.5. The third-order valence-corrected chi connectivity index (χ3v) is 7.98. The fourth-order valence-corrected chi connectivity index (χ4v) is 4.78. The van der Waals surface area contributed by atoms with Crippen molar-refractivity contribution in [1.82, 2.24) is 14.8 Å². The lowest BCUT2D eigenvalue weighted by atomic mass is 10.0. The molecule has 0 fully saturated rings. The number of hydrogen-bond donors (Lipinski definition) is 1. The maximum Gasteiger partial charge on any atom is 0.245 e. The van der Waals surface area contributed by atoms with E-state index in [1.165, 1.54) is 34.8 Å². The Morgan fingerprint density at radius 3 is 2.31 bits per heavy atom. The van der Waals surface area contributed by atoms with E-state index in [1.54, 1.807) is 7.05 Å². The molecule has 6 nitrogen and oxygen atoms in total. The van der Waals surface area contributed by atoms with Gasteiger partial charge in [-0.15, -0.1) is 0 Å². The number of nitrogens with zero attached hydrogens (tertiary/aromatic N) is 3. The average Bonchev–Trinajstić information content (AvgIpc) is 2.81. The van der Waals surface area contributed by atoms with Gasteiger partial charge in [-0.05, 0) is 69.5 Å². The van der Waals surface area contributed by atoms with Crippen molar-refractivity contribution in [2.75, 3.05) is 12.0 Å². The average molecular weight is 653 g/mol. The van der Waals surface area contributed by atoms with Gasteiger partial charge in [0, 0.05) is 33.7 Å². The fraction of sp³-hybridized carbons (Fsp3) is 0.261. The molecule has 0 spiro atoms. The molecule has 0 aliphatic carbocycles. The highest BCUT2D eigenvalue weighted by molar-refractivity contribution is 9.11. The number of hydrogen-bond acceptors (Lipinski definition) is 4. The number of carbonyl (C=O) groups excluding carboxylic acids is 1. The standard InChI is InChI=1S/C23H20Br2Cl2F2N4O2/c1-4-9-33(17(34)10-12-15(28)7-5-13(26)20(12)24)31-23-19(22(35)11(2)30-32(23)3)18-16(29)8-6-14(27)21(18)25/h5-8,31H,4,9-10H2,1-3H3. The topological polar surface area (TPSA) is 67.2 Å². The highest BCUT2D eigenvalue weighted by atomic mass is 79.9. The van der Waals surface area contributed by atoms with Crippen molar-refractivity contribution in [3.05, 3.63) is 76.4 Å². The summed E-state index contributed by atoms with van der Waals surface area (Å²) in [6.45, 7) is 3.55. The second-order valence-corrected chi connectivity index (χ2v) is 10.0. The van der Waals surface area contributed by atoms with Crippen LogP contribution in [0.5, 0.6) is 0 Å². The zero-order valence-corrected chi connectivity index (χ0v) is 23.5. The molecule has 0 unspecified atom stereocenters. The van der Waals surface area contributed by atoms with Gasteiger partial charge in [0.15, 0.2) is 5.82 Å². The molecule has 3 aromatic rings. The molecule has 0 radical (unpaired) electrons. The van der Waals surface area contributed by atoms with Gasteiger partial charge >= 0.3 is 0 Å². The lowest BCUT2D eigenvalue weighted by molar-refractivity contribution is -0.129. The van der Waals surface area contributed by atoms with Crippen molar-refractivity contribution >= 4 is 66.8 Å². The predicted molar refractivity (Wildman–Crippen MR) is 141 cm³/mol. The second-order valence-electron chi connectivity index (χ2n) is 7.64. The Balaban J connectivity index is 2.12. The van der Waals surface area contributed by atoms with E-state index in [1.807, 2.05) is 6.92 Å². The summed E-state index contributed by atoms with van der Waals surface area (Å²) in [5, 5.41) is 5.88. The Morgan fingerprint density at radius 2 is 1.69 bits per heavy atom. The van der Waals surface area contributed by atoms with Gasteiger partial charge in [0.05, 0.1) is 22.0 Å². The third kappa shape index (κ3) is 5.71. The number of benzene rings is 2. The number of halogens is 6. The number of aryl methyl sites for hydroxylation is 2. The van der Waals surface area contributed by atoms with Crippen LogP contribution < -0.4 is 10.9 Å². The molecule has 12 heteroatoms. The van der Waals surface area contributed by atoms with Gasteiger partial charge < -0.3 is 0 Å². The van der Waals surface area contributed by atoms with Crippen molar-refractivity contribution in [2.24, 2.45) is 7.05 Å². The lowest BCUT2D eigenvalue weighted by Crippen LogP contribution is -2.40. The molecule has 2 aromatic carbocycles. The molecule has 0 aliphatic rings. The van der Waals surface area contributed by atoms with Crippen LogP contribution in [0, 0.1) is 18.6 Å². The molecular formula is C23H20Br2Cl2F2N4O2. The van der Waals surface area contributed by atoms with Crippen LogP contribution in [0.1, 0.15) is 24.6 Å². The number of hydrazine groups is 1. The summed E-state index contributed by atoms with van der Waals surface area (Å²) >= 11 is 18.8. The van der Waals surface area contributed by atoms with E-state index in [-0.39, 0.29) is 60.2 Å². The molecule has 0 saturated heterocycles. The van der Waals surface area contributed by atoms with E-state index in [0.717, 1.165) is 6.07 Å². The first-order valence-electron chi connectivity index (χ1n) is 10.4. The Labute approximate surface area is 227 Å². The molecule has 1 amide bonds. The zero-order chi connectivity index (χ0) is 26.0. The first kappa shape index (κ1) is 27.6. The Bertz CT molecular complexity index is 1370. The minimum Gasteiger partial charge on any atom is -0.287 e. The number of rotatable bonds is 7. The summed E-state index contributed by atoms with van der Waals surface area (Å²) in [6, 6.07) is 5.07. The molecular weight excluding hydrogens is 633 g/mol. The van der Waals surface area contributed by atoms with E-state index in [2.05, 4.69) is 42.4 Å². The zero-order valence-electron chi connectivity index (χ0n) is 18.9. The molecule has 3 rings (SSSR count). The molecule has 35 heavy (non-hydrogen) atoms. The number of aromatic nitrogens is 2. The van der Waals surface area contributed by atoms with Crippen LogP contribution in [-0.2, 0) is 18.3 Å². The molecule has 1 aromatic heterocycles. The van der Waals surface area contributed by atoms with Crippen molar-refractivity contribution in [3.63, 3.8) is 0 Å². The molecule has 186 valence electrons. The summed E-state index contributed by atoms with van der Waals surface area (Å²) in [7, 11) is 1.55. The van der Waals surface area contributed by atoms with Crippen molar-refractivity contribution in [3.8, 4) is 11.1 Å². The van der Waals surface area contributed by atoms with Crippen LogP contribution in [0.2, 0.25) is 10.0 Å². The fourth-order valence-electron chi connectivity index (χ4n) is 3.46. The van der Waals surface area contributed by atoms with Crippen LogP contribution >= 0.6 is 55.1 Å². The van der Waals surface area contributed by atoms with E-state index >= 15 is 0 Å². The molecule has 1 heterocycles. The van der Waals surface area contributed by atoms with Crippen molar-refractivity contribution < 1.29 is 13.6 Å². The number of anilines is 1. The summed E-state index contributed by atoms with van der Waals surface area (Å²) in [4.78, 5) is 26.4. The maximum atomic E-state index is 15.0. The monoisotopic (exact) mass is 650 g/mol. The summed E-state index contributed by atoms with van der Waals surface area (Å²) in [6.07, 6.45) is 0.216. The highest BCUT2D eigenvalue weighted by Gasteiger charge is 2.26. The maximum absolute atomic E-state index is 15.0. The van der Waals surface area contributed by atoms with E-state index in [0.29, 0.717) is 6.42 Å². The number of carbonyl (C=O) groups is 1. The highest BCUT2D eigenvalue weighted by Crippen LogP contribution is 2.38. The van der Waals surface area contributed by atoms with Gasteiger partial charge in [-0.25, -0.2) is 8.78 Å². The first-order valence-corrected chi connectivity index (χ1v) is 12.7. The van der Waals surface area contributed by atoms with Crippen molar-refractivity contribution in [1.29, 1.82) is 0 Å². The van der Waals surface area contributed by atoms with Gasteiger partial charge in [-0.2, -0.15) is 5.10 Å². The summed E-state index contributed by atoms with van der Waals surface area (Å²) in [5.41, 5.74) is 2.45. The summed E-state index contributed by atoms with van der Waals surface area (Å²) < 4.78 is 31.2.